The average Bonchev–Trinajstić information content (AvgIpc) is 2.47. The Bertz CT molecular complexity index is 653. The maximum atomic E-state index is 13.7. The minimum absolute atomic E-state index is 0.0648. The van der Waals surface area contributed by atoms with Crippen LogP contribution < -0.4 is 4.74 Å². The summed E-state index contributed by atoms with van der Waals surface area (Å²) in [5, 5.41) is 0.0648. The van der Waals surface area contributed by atoms with Crippen LogP contribution in [0.15, 0.2) is 36.4 Å². The van der Waals surface area contributed by atoms with Gasteiger partial charge in [0, 0.05) is 11.1 Å². The SMILES string of the molecule is CC(C)COc1ccc(C=O)cc1-c1ccc(Cl)c(F)c1. The molecule has 0 N–H and O–H groups in total. The highest BCUT2D eigenvalue weighted by Gasteiger charge is 2.11. The Morgan fingerprint density at radius 3 is 2.62 bits per heavy atom. The molecule has 0 aliphatic heterocycles. The van der Waals surface area contributed by atoms with Crippen LogP contribution >= 0.6 is 11.6 Å². The fourth-order valence-corrected chi connectivity index (χ4v) is 2.01. The van der Waals surface area contributed by atoms with E-state index in [1.165, 1.54) is 12.1 Å². The Kier molecular flexibility index (Phi) is 4.97. The van der Waals surface area contributed by atoms with E-state index in [1.807, 2.05) is 13.8 Å². The summed E-state index contributed by atoms with van der Waals surface area (Å²) in [6.45, 7) is 4.63. The number of benzene rings is 2. The van der Waals surface area contributed by atoms with Gasteiger partial charge in [0.25, 0.3) is 0 Å². The van der Waals surface area contributed by atoms with Gasteiger partial charge in [-0.25, -0.2) is 4.39 Å². The number of hydrogen-bond donors (Lipinski definition) is 0. The first kappa shape index (κ1) is 15.5. The van der Waals surface area contributed by atoms with Gasteiger partial charge < -0.3 is 4.74 Å². The molecule has 0 spiro atoms. The Hall–Kier alpha value is -1.87. The van der Waals surface area contributed by atoms with E-state index >= 15 is 0 Å². The van der Waals surface area contributed by atoms with Crippen LogP contribution in [0.3, 0.4) is 0 Å². The third-order valence-corrected chi connectivity index (χ3v) is 3.25. The zero-order valence-corrected chi connectivity index (χ0v) is 12.7. The van der Waals surface area contributed by atoms with Crippen LogP contribution in [0.25, 0.3) is 11.1 Å². The Morgan fingerprint density at radius 1 is 1.24 bits per heavy atom. The van der Waals surface area contributed by atoms with Gasteiger partial charge in [-0.15, -0.1) is 0 Å². The fraction of sp³-hybridized carbons (Fsp3) is 0.235. The highest BCUT2D eigenvalue weighted by molar-refractivity contribution is 6.30. The number of rotatable bonds is 5. The third kappa shape index (κ3) is 3.82. The van der Waals surface area contributed by atoms with Crippen LogP contribution in [0.2, 0.25) is 5.02 Å². The van der Waals surface area contributed by atoms with Crippen molar-refractivity contribution in [3.05, 3.63) is 52.8 Å². The number of ether oxygens (including phenoxy) is 1. The molecule has 0 aliphatic rings. The fourth-order valence-electron chi connectivity index (χ4n) is 1.89. The molecule has 0 aromatic heterocycles. The van der Waals surface area contributed by atoms with Crippen LogP contribution in [0.4, 0.5) is 4.39 Å². The second kappa shape index (κ2) is 6.72. The summed E-state index contributed by atoms with van der Waals surface area (Å²) in [5.74, 6) is 0.488. The summed E-state index contributed by atoms with van der Waals surface area (Å²) < 4.78 is 19.4. The number of aldehydes is 1. The Morgan fingerprint density at radius 2 is 2.00 bits per heavy atom. The lowest BCUT2D eigenvalue weighted by atomic mass is 10.0. The monoisotopic (exact) mass is 306 g/mol. The van der Waals surface area contributed by atoms with Crippen LogP contribution in [-0.2, 0) is 0 Å². The van der Waals surface area contributed by atoms with E-state index in [-0.39, 0.29) is 5.02 Å². The molecule has 0 saturated carbocycles. The van der Waals surface area contributed by atoms with E-state index in [2.05, 4.69) is 0 Å². The van der Waals surface area contributed by atoms with Gasteiger partial charge in [0.05, 0.1) is 11.6 Å². The molecular weight excluding hydrogens is 291 g/mol. The summed E-state index contributed by atoms with van der Waals surface area (Å²) in [7, 11) is 0. The molecule has 2 rings (SSSR count). The molecule has 0 radical (unpaired) electrons. The second-order valence-corrected chi connectivity index (χ2v) is 5.61. The molecule has 0 amide bonds. The standard InChI is InChI=1S/C17H16ClFO2/c1-11(2)10-21-17-6-3-12(9-20)7-14(17)13-4-5-15(18)16(19)8-13/h3-9,11H,10H2,1-2H3. The first-order valence-corrected chi connectivity index (χ1v) is 7.06. The molecule has 0 unspecified atom stereocenters. The molecule has 0 fully saturated rings. The Labute approximate surface area is 128 Å². The minimum Gasteiger partial charge on any atom is -0.493 e. The van der Waals surface area contributed by atoms with Crippen molar-refractivity contribution in [3.8, 4) is 16.9 Å². The quantitative estimate of drug-likeness (QED) is 0.727. The van der Waals surface area contributed by atoms with Gasteiger partial charge in [-0.05, 0) is 41.8 Å². The van der Waals surface area contributed by atoms with Crippen molar-refractivity contribution in [2.24, 2.45) is 5.92 Å². The number of carbonyl (C=O) groups excluding carboxylic acids is 1. The zero-order valence-electron chi connectivity index (χ0n) is 11.9. The van der Waals surface area contributed by atoms with Crippen LogP contribution in [0, 0.1) is 11.7 Å². The molecular formula is C17H16ClFO2. The predicted octanol–water partition coefficient (Wildman–Crippen LogP) is 4.99. The number of hydrogen-bond acceptors (Lipinski definition) is 2. The molecule has 2 aromatic rings. The van der Waals surface area contributed by atoms with Gasteiger partial charge in [-0.3, -0.25) is 4.79 Å². The lowest BCUT2D eigenvalue weighted by molar-refractivity contribution is 0.112. The van der Waals surface area contributed by atoms with E-state index in [0.29, 0.717) is 35.0 Å². The van der Waals surface area contributed by atoms with Crippen molar-refractivity contribution >= 4 is 17.9 Å². The van der Waals surface area contributed by atoms with Crippen molar-refractivity contribution in [3.63, 3.8) is 0 Å². The minimum atomic E-state index is -0.500. The van der Waals surface area contributed by atoms with Crippen molar-refractivity contribution in [2.45, 2.75) is 13.8 Å². The summed E-state index contributed by atoms with van der Waals surface area (Å²) in [5.41, 5.74) is 1.81. The molecule has 2 aromatic carbocycles. The molecule has 0 atom stereocenters. The summed E-state index contributed by atoms with van der Waals surface area (Å²) in [6, 6.07) is 9.63. The summed E-state index contributed by atoms with van der Waals surface area (Å²) in [4.78, 5) is 11.0. The van der Waals surface area contributed by atoms with Gasteiger partial charge in [0.15, 0.2) is 0 Å². The zero-order chi connectivity index (χ0) is 15.4. The molecule has 21 heavy (non-hydrogen) atoms. The van der Waals surface area contributed by atoms with Crippen LogP contribution in [0.1, 0.15) is 24.2 Å². The highest BCUT2D eigenvalue weighted by Crippen LogP contribution is 2.33. The maximum Gasteiger partial charge on any atom is 0.150 e. The van der Waals surface area contributed by atoms with Crippen LogP contribution in [-0.4, -0.2) is 12.9 Å². The van der Waals surface area contributed by atoms with Gasteiger partial charge >= 0.3 is 0 Å². The summed E-state index contributed by atoms with van der Waals surface area (Å²) in [6.07, 6.45) is 0.752. The van der Waals surface area contributed by atoms with Gasteiger partial charge in [0.2, 0.25) is 0 Å². The van der Waals surface area contributed by atoms with Gasteiger partial charge in [-0.1, -0.05) is 31.5 Å². The van der Waals surface area contributed by atoms with Crippen molar-refractivity contribution < 1.29 is 13.9 Å². The van der Waals surface area contributed by atoms with Gasteiger partial charge in [0.1, 0.15) is 17.9 Å². The number of carbonyl (C=O) groups is 1. The molecule has 0 aliphatic carbocycles. The lowest BCUT2D eigenvalue weighted by Gasteiger charge is -2.14. The van der Waals surface area contributed by atoms with Gasteiger partial charge in [-0.2, -0.15) is 0 Å². The maximum absolute atomic E-state index is 13.7. The smallest absolute Gasteiger partial charge is 0.150 e. The van der Waals surface area contributed by atoms with E-state index in [0.717, 1.165) is 6.29 Å². The first-order chi connectivity index (χ1) is 10.0. The topological polar surface area (TPSA) is 26.3 Å². The molecule has 0 bridgehead atoms. The lowest BCUT2D eigenvalue weighted by Crippen LogP contribution is -2.05. The molecule has 0 saturated heterocycles. The van der Waals surface area contributed by atoms with Crippen molar-refractivity contribution in [1.29, 1.82) is 0 Å². The van der Waals surface area contributed by atoms with Crippen molar-refractivity contribution in [2.75, 3.05) is 6.61 Å². The molecule has 2 nitrogen and oxygen atoms in total. The van der Waals surface area contributed by atoms with E-state index in [1.54, 1.807) is 24.3 Å². The largest absolute Gasteiger partial charge is 0.493 e. The predicted molar refractivity (Wildman–Crippen MR) is 82.6 cm³/mol. The third-order valence-electron chi connectivity index (χ3n) is 2.94. The average molecular weight is 307 g/mol. The molecule has 0 heterocycles. The highest BCUT2D eigenvalue weighted by atomic mass is 35.5. The molecule has 110 valence electrons. The van der Waals surface area contributed by atoms with E-state index < -0.39 is 5.82 Å². The molecule has 4 heteroatoms. The Balaban J connectivity index is 2.47. The normalized spacial score (nSPS) is 10.7. The first-order valence-electron chi connectivity index (χ1n) is 6.68. The van der Waals surface area contributed by atoms with Crippen molar-refractivity contribution in [1.82, 2.24) is 0 Å². The van der Waals surface area contributed by atoms with E-state index in [9.17, 15) is 9.18 Å². The summed E-state index contributed by atoms with van der Waals surface area (Å²) >= 11 is 5.71. The second-order valence-electron chi connectivity index (χ2n) is 5.21. The number of halogens is 2. The van der Waals surface area contributed by atoms with Crippen LogP contribution in [0.5, 0.6) is 5.75 Å². The van der Waals surface area contributed by atoms with E-state index in [4.69, 9.17) is 16.3 Å².